The highest BCUT2D eigenvalue weighted by Crippen LogP contribution is 2.55. The molecule has 0 saturated heterocycles. The third-order valence-corrected chi connectivity index (χ3v) is 6.20. The van der Waals surface area contributed by atoms with Gasteiger partial charge in [-0.1, -0.05) is 54.8 Å². The summed E-state index contributed by atoms with van der Waals surface area (Å²) >= 11 is 3.97. The molecule has 1 fully saturated rings. The summed E-state index contributed by atoms with van der Waals surface area (Å²) in [5.74, 6) is 0.647. The van der Waals surface area contributed by atoms with Crippen LogP contribution in [-0.2, 0) is 0 Å². The number of alkyl halides is 1. The van der Waals surface area contributed by atoms with Gasteiger partial charge in [0.05, 0.1) is 0 Å². The average molecular weight is 341 g/mol. The summed E-state index contributed by atoms with van der Waals surface area (Å²) in [7, 11) is 0. The van der Waals surface area contributed by atoms with Crippen molar-refractivity contribution in [1.82, 2.24) is 0 Å². The van der Waals surface area contributed by atoms with Crippen molar-refractivity contribution in [2.45, 2.75) is 64.6 Å². The zero-order valence-corrected chi connectivity index (χ0v) is 14.7. The molecule has 112 valence electrons. The second kappa shape index (κ2) is 6.17. The maximum absolute atomic E-state index is 13.8. The molecule has 0 radical (unpaired) electrons. The fraction of sp³-hybridized carbons (Fsp3) is 0.667. The molecule has 1 aliphatic carbocycles. The van der Waals surface area contributed by atoms with E-state index in [2.05, 4.69) is 29.8 Å². The Balaban J connectivity index is 2.35. The van der Waals surface area contributed by atoms with Gasteiger partial charge in [0.1, 0.15) is 5.82 Å². The Hall–Kier alpha value is -0.370. The van der Waals surface area contributed by atoms with Crippen LogP contribution in [0.1, 0.15) is 67.5 Å². The van der Waals surface area contributed by atoms with Gasteiger partial charge in [0, 0.05) is 4.83 Å². The van der Waals surface area contributed by atoms with Crippen molar-refractivity contribution in [3.8, 4) is 0 Å². The van der Waals surface area contributed by atoms with Crippen LogP contribution in [0.15, 0.2) is 12.1 Å². The van der Waals surface area contributed by atoms with Gasteiger partial charge < -0.3 is 0 Å². The van der Waals surface area contributed by atoms with Crippen molar-refractivity contribution >= 4 is 15.9 Å². The molecule has 0 amide bonds. The van der Waals surface area contributed by atoms with Gasteiger partial charge in [0.25, 0.3) is 0 Å². The van der Waals surface area contributed by atoms with E-state index in [0.717, 1.165) is 11.1 Å². The topological polar surface area (TPSA) is 0 Å². The van der Waals surface area contributed by atoms with Crippen LogP contribution < -0.4 is 0 Å². The maximum Gasteiger partial charge on any atom is 0.129 e. The molecule has 0 aromatic heterocycles. The summed E-state index contributed by atoms with van der Waals surface area (Å²) < 4.78 is 13.8. The lowest BCUT2D eigenvalue weighted by Crippen LogP contribution is -2.24. The Labute approximate surface area is 131 Å². The Kier molecular flexibility index (Phi) is 4.94. The van der Waals surface area contributed by atoms with Crippen molar-refractivity contribution in [2.24, 2.45) is 11.3 Å². The van der Waals surface area contributed by atoms with Crippen LogP contribution in [0.2, 0.25) is 0 Å². The first kappa shape index (κ1) is 16.0. The van der Waals surface area contributed by atoms with Crippen LogP contribution in [-0.4, -0.2) is 0 Å². The number of benzene rings is 1. The lowest BCUT2D eigenvalue weighted by Gasteiger charge is -2.36. The van der Waals surface area contributed by atoms with Crippen molar-refractivity contribution < 1.29 is 4.39 Å². The average Bonchev–Trinajstić information content (AvgIpc) is 2.83. The monoisotopic (exact) mass is 340 g/mol. The third kappa shape index (κ3) is 3.10. The summed E-state index contributed by atoms with van der Waals surface area (Å²) in [6, 6.07) is 4.06. The van der Waals surface area contributed by atoms with E-state index >= 15 is 0 Å². The lowest BCUT2D eigenvalue weighted by atomic mass is 9.73. The van der Waals surface area contributed by atoms with E-state index in [1.54, 1.807) is 0 Å². The SMILES string of the molecule is Cc1cc(C(Br)C2(CC(C)C)CCCC2)cc(C)c1F. The van der Waals surface area contributed by atoms with E-state index < -0.39 is 0 Å². The first-order valence-corrected chi connectivity index (χ1v) is 8.68. The third-order valence-electron chi connectivity index (χ3n) is 4.70. The molecule has 1 saturated carbocycles. The standard InChI is InChI=1S/C18H26BrF/c1-12(2)11-18(7-5-6-8-18)17(19)15-9-13(3)16(20)14(4)10-15/h9-10,12,17H,5-8,11H2,1-4H3. The Morgan fingerprint density at radius 1 is 1.15 bits per heavy atom. The van der Waals surface area contributed by atoms with Gasteiger partial charge >= 0.3 is 0 Å². The first-order chi connectivity index (χ1) is 9.35. The summed E-state index contributed by atoms with van der Waals surface area (Å²) in [4.78, 5) is 0.345. The predicted molar refractivity (Wildman–Crippen MR) is 87.9 cm³/mol. The minimum Gasteiger partial charge on any atom is -0.206 e. The second-order valence-corrected chi connectivity index (χ2v) is 7.91. The number of halogens is 2. The minimum atomic E-state index is -0.0576. The molecule has 0 N–H and O–H groups in total. The molecule has 0 heterocycles. The van der Waals surface area contributed by atoms with Crippen LogP contribution in [0.4, 0.5) is 4.39 Å². The smallest absolute Gasteiger partial charge is 0.129 e. The highest BCUT2D eigenvalue weighted by atomic mass is 79.9. The zero-order chi connectivity index (χ0) is 14.9. The van der Waals surface area contributed by atoms with E-state index in [1.165, 1.54) is 37.7 Å². The van der Waals surface area contributed by atoms with Gasteiger partial charge in [-0.25, -0.2) is 4.39 Å². The molecule has 1 aliphatic rings. The van der Waals surface area contributed by atoms with Crippen molar-refractivity contribution in [3.63, 3.8) is 0 Å². The lowest BCUT2D eigenvalue weighted by molar-refractivity contribution is 0.230. The van der Waals surface area contributed by atoms with Crippen LogP contribution in [0.3, 0.4) is 0 Å². The number of aryl methyl sites for hydroxylation is 2. The predicted octanol–water partition coefficient (Wildman–Crippen LogP) is 6.49. The van der Waals surface area contributed by atoms with Crippen molar-refractivity contribution in [2.75, 3.05) is 0 Å². The van der Waals surface area contributed by atoms with Gasteiger partial charge in [0.2, 0.25) is 0 Å². The number of rotatable bonds is 4. The molecule has 1 atom stereocenters. The molecule has 2 rings (SSSR count). The normalized spacial score (nSPS) is 19.6. The van der Waals surface area contributed by atoms with E-state index in [4.69, 9.17) is 0 Å². The highest BCUT2D eigenvalue weighted by Gasteiger charge is 2.41. The largest absolute Gasteiger partial charge is 0.206 e. The molecule has 0 spiro atoms. The molecule has 1 unspecified atom stereocenters. The van der Waals surface area contributed by atoms with E-state index in [0.29, 0.717) is 16.2 Å². The van der Waals surface area contributed by atoms with Crippen LogP contribution in [0.5, 0.6) is 0 Å². The quantitative estimate of drug-likeness (QED) is 0.550. The van der Waals surface area contributed by atoms with Crippen molar-refractivity contribution in [3.05, 3.63) is 34.6 Å². The Bertz CT molecular complexity index is 449. The number of hydrogen-bond donors (Lipinski definition) is 0. The van der Waals surface area contributed by atoms with E-state index in [9.17, 15) is 4.39 Å². The summed E-state index contributed by atoms with van der Waals surface area (Å²) in [5, 5.41) is 0. The van der Waals surface area contributed by atoms with Crippen molar-refractivity contribution in [1.29, 1.82) is 0 Å². The Morgan fingerprint density at radius 3 is 2.10 bits per heavy atom. The summed E-state index contributed by atoms with van der Waals surface area (Å²) in [5.41, 5.74) is 3.14. The zero-order valence-electron chi connectivity index (χ0n) is 13.1. The first-order valence-electron chi connectivity index (χ1n) is 7.76. The molecule has 0 aliphatic heterocycles. The van der Waals surface area contributed by atoms with Gasteiger partial charge in [-0.3, -0.25) is 0 Å². The molecular weight excluding hydrogens is 315 g/mol. The van der Waals surface area contributed by atoms with Gasteiger partial charge in [-0.15, -0.1) is 0 Å². The minimum absolute atomic E-state index is 0.0576. The second-order valence-electron chi connectivity index (χ2n) is 7.00. The van der Waals surface area contributed by atoms with E-state index in [-0.39, 0.29) is 5.82 Å². The van der Waals surface area contributed by atoms with Crippen LogP contribution >= 0.6 is 15.9 Å². The van der Waals surface area contributed by atoms with Crippen LogP contribution in [0, 0.1) is 31.0 Å². The van der Waals surface area contributed by atoms with Gasteiger partial charge in [0.15, 0.2) is 0 Å². The molecule has 1 aromatic carbocycles. The number of hydrogen-bond acceptors (Lipinski definition) is 0. The maximum atomic E-state index is 13.8. The molecular formula is C18H26BrF. The molecule has 2 heteroatoms. The highest BCUT2D eigenvalue weighted by molar-refractivity contribution is 9.09. The van der Waals surface area contributed by atoms with Gasteiger partial charge in [-0.05, 0) is 61.1 Å². The summed E-state index contributed by atoms with van der Waals surface area (Å²) in [6.07, 6.45) is 6.48. The molecule has 20 heavy (non-hydrogen) atoms. The summed E-state index contributed by atoms with van der Waals surface area (Å²) in [6.45, 7) is 8.35. The molecule has 0 nitrogen and oxygen atoms in total. The molecule has 1 aromatic rings. The van der Waals surface area contributed by atoms with Crippen LogP contribution in [0.25, 0.3) is 0 Å². The fourth-order valence-electron chi connectivity index (χ4n) is 3.93. The fourth-order valence-corrected chi connectivity index (χ4v) is 4.84. The molecule has 0 bridgehead atoms. The Morgan fingerprint density at radius 2 is 1.65 bits per heavy atom. The van der Waals surface area contributed by atoms with E-state index in [1.807, 2.05) is 26.0 Å². The van der Waals surface area contributed by atoms with Gasteiger partial charge in [-0.2, -0.15) is 0 Å².